The van der Waals surface area contributed by atoms with Crippen LogP contribution < -0.4 is 0 Å². The van der Waals surface area contributed by atoms with Crippen LogP contribution in [0.15, 0.2) is 0 Å². The Hall–Kier alpha value is 1.12. The summed E-state index contributed by atoms with van der Waals surface area (Å²) in [7, 11) is 2.04. The number of aliphatic hydroxyl groups excluding tert-OH is 1. The smallest absolute Gasteiger partial charge is 0.0733 e. The molecule has 0 aliphatic heterocycles. The Kier molecular flexibility index (Phi) is 48.7. The van der Waals surface area contributed by atoms with Gasteiger partial charge in [0.25, 0.3) is 0 Å². The molecule has 1 N–H and O–H groups in total. The van der Waals surface area contributed by atoms with Gasteiger partial charge in [0.05, 0.1) is 13.2 Å². The summed E-state index contributed by atoms with van der Waals surface area (Å²) in [6.07, 6.45) is 0. The predicted molar refractivity (Wildman–Crippen MR) is 29.5 cm³/mol. The normalized spacial score (nSPS) is 5.75. The Labute approximate surface area is 76.3 Å². The van der Waals surface area contributed by atoms with E-state index in [2.05, 4.69) is 11.3 Å². The van der Waals surface area contributed by atoms with E-state index < -0.39 is 0 Å². The summed E-state index contributed by atoms with van der Waals surface area (Å²) in [5.74, 6) is 0. The van der Waals surface area contributed by atoms with Gasteiger partial charge < -0.3 is 14.4 Å². The van der Waals surface area contributed by atoms with Crippen LogP contribution in [0.5, 0.6) is 0 Å². The van der Waals surface area contributed by atoms with Gasteiger partial charge >= 0.3 is 0 Å². The largest absolute Gasteiger partial charge is 0.545 e. The van der Waals surface area contributed by atoms with Crippen LogP contribution in [0.1, 0.15) is 0 Å². The first-order valence-corrected chi connectivity index (χ1v) is 2.05. The molecule has 0 aliphatic carbocycles. The van der Waals surface area contributed by atoms with Gasteiger partial charge in [-0.1, -0.05) is 0 Å². The van der Waals surface area contributed by atoms with Crippen molar-refractivity contribution in [3.63, 3.8) is 0 Å². The van der Waals surface area contributed by atoms with E-state index >= 15 is 0 Å². The number of hydrogen-bond donors (Lipinski definition) is 1. The van der Waals surface area contributed by atoms with Crippen LogP contribution >= 0.6 is 9.47 Å². The molecule has 8 heavy (non-hydrogen) atoms. The predicted octanol–water partition coefficient (Wildman–Crippen LogP) is -0.491. The zero-order valence-electron chi connectivity index (χ0n) is 4.41. The Morgan fingerprint density at radius 2 is 2.00 bits per heavy atom. The molecule has 1 radical (unpaired) electrons. The zero-order valence-corrected chi connectivity index (χ0v) is 8.40. The second-order valence-electron chi connectivity index (χ2n) is 0.594. The minimum Gasteiger partial charge on any atom is -0.545 e. The summed E-state index contributed by atoms with van der Waals surface area (Å²) in [6.45, 7) is 3.76. The maximum atomic E-state index is 7.93. The van der Waals surface area contributed by atoms with Crippen molar-refractivity contribution in [2.75, 3.05) is 13.2 Å². The second kappa shape index (κ2) is 24.2. The van der Waals surface area contributed by atoms with Crippen LogP contribution in [0, 0.1) is 0 Å². The number of aliphatic hydroxyl groups is 1. The van der Waals surface area contributed by atoms with Gasteiger partial charge in [0.2, 0.25) is 0 Å². The molecule has 0 amide bonds. The van der Waals surface area contributed by atoms with Crippen LogP contribution in [0.3, 0.4) is 0 Å². The van der Waals surface area contributed by atoms with Crippen molar-refractivity contribution in [1.29, 1.82) is 0 Å². The van der Waals surface area contributed by atoms with Crippen molar-refractivity contribution in [3.8, 4) is 0 Å². The van der Waals surface area contributed by atoms with Gasteiger partial charge in [-0.15, -0.1) is 0 Å². The van der Waals surface area contributed by atoms with Crippen LogP contribution in [0.4, 0.5) is 0 Å². The van der Waals surface area contributed by atoms with Crippen LogP contribution in [-0.4, -0.2) is 25.1 Å². The van der Waals surface area contributed by atoms with E-state index in [0.29, 0.717) is 6.61 Å². The van der Waals surface area contributed by atoms with Crippen LogP contribution in [0.2, 0.25) is 0 Å². The number of rotatable bonds is 2. The van der Waals surface area contributed by atoms with Gasteiger partial charge in [0.15, 0.2) is 0 Å². The van der Waals surface area contributed by atoms with E-state index in [9.17, 15) is 0 Å². The molecule has 5 heteroatoms. The van der Waals surface area contributed by atoms with Crippen molar-refractivity contribution in [3.05, 3.63) is 0 Å². The van der Waals surface area contributed by atoms with E-state index in [1.54, 1.807) is 0 Å². The topological polar surface area (TPSA) is 46.5 Å². The summed E-state index contributed by atoms with van der Waals surface area (Å²) in [5.41, 5.74) is 0. The molecular formula is C3H8O3PY-. The number of carbonyl (C=O) groups excluding carboxylic acids is 1. The van der Waals surface area contributed by atoms with Crippen molar-refractivity contribution >= 4 is 16.3 Å². The van der Waals surface area contributed by atoms with Crippen molar-refractivity contribution < 1.29 is 47.1 Å². The van der Waals surface area contributed by atoms with Gasteiger partial charge in [-0.25, -0.2) is 0 Å². The molecule has 0 heterocycles. The standard InChI is InChI=1S/C2H7O2P.CHO.Y/c3-1-2-4-5;1-2;/h3H,1-2,5H2;1H;/q;-1;. The molecule has 0 spiro atoms. The third-order valence-corrected chi connectivity index (χ3v) is 0.445. The van der Waals surface area contributed by atoms with E-state index in [4.69, 9.17) is 9.90 Å². The summed E-state index contributed by atoms with van der Waals surface area (Å²) in [6, 6.07) is 0. The number of hydrogen-bond acceptors (Lipinski definition) is 3. The minimum atomic E-state index is 0. The summed E-state index contributed by atoms with van der Waals surface area (Å²) in [5, 5.41) is 7.93. The molecule has 0 saturated carbocycles. The van der Waals surface area contributed by atoms with Crippen LogP contribution in [0.25, 0.3) is 0 Å². The molecule has 0 aromatic rings. The Morgan fingerprint density at radius 3 is 2.00 bits per heavy atom. The molecule has 47 valence electrons. The molecule has 0 bridgehead atoms. The maximum Gasteiger partial charge on any atom is 0.0733 e. The SMILES string of the molecule is OCCOP.[CH-]=O.[Y]. The fraction of sp³-hybridized carbons (Fsp3) is 0.667. The summed E-state index contributed by atoms with van der Waals surface area (Å²) < 4.78 is 4.36. The first-order chi connectivity index (χ1) is 3.41. The third-order valence-electron chi connectivity index (χ3n) is 0.209. The molecule has 0 aliphatic rings. The van der Waals surface area contributed by atoms with Crippen molar-refractivity contribution in [2.45, 2.75) is 0 Å². The molecular weight excluding hydrogens is 204 g/mol. The maximum absolute atomic E-state index is 7.93. The molecule has 0 saturated heterocycles. The van der Waals surface area contributed by atoms with Crippen LogP contribution in [-0.2, 0) is 42.0 Å². The Morgan fingerprint density at radius 1 is 1.62 bits per heavy atom. The third kappa shape index (κ3) is 27.4. The zero-order chi connectivity index (χ0) is 6.12. The van der Waals surface area contributed by atoms with Crippen molar-refractivity contribution in [2.24, 2.45) is 0 Å². The summed E-state index contributed by atoms with van der Waals surface area (Å²) in [4.78, 5) is 7.75. The Balaban J connectivity index is -0.0000000750. The summed E-state index contributed by atoms with van der Waals surface area (Å²) >= 11 is 0. The first-order valence-electron chi connectivity index (χ1n) is 1.58. The van der Waals surface area contributed by atoms with Crippen molar-refractivity contribution in [1.82, 2.24) is 0 Å². The quantitative estimate of drug-likeness (QED) is 0.381. The van der Waals surface area contributed by atoms with E-state index in [1.165, 1.54) is 0 Å². The average Bonchev–Trinajstić information content (AvgIpc) is 1.75. The molecule has 0 aromatic carbocycles. The Bertz CT molecular complexity index is 28.5. The van der Waals surface area contributed by atoms with Gasteiger partial charge in [-0.3, -0.25) is 6.79 Å². The first kappa shape index (κ1) is 16.1. The molecule has 3 nitrogen and oxygen atoms in total. The molecule has 0 rings (SSSR count). The fourth-order valence-electron chi connectivity index (χ4n) is 0.0527. The van der Waals surface area contributed by atoms with Gasteiger partial charge in [0.1, 0.15) is 0 Å². The van der Waals surface area contributed by atoms with Gasteiger partial charge in [0, 0.05) is 42.2 Å². The monoisotopic (exact) mass is 212 g/mol. The van der Waals surface area contributed by atoms with E-state index in [1.807, 2.05) is 9.47 Å². The minimum absolute atomic E-state index is 0. The van der Waals surface area contributed by atoms with Gasteiger partial charge in [-0.2, -0.15) is 0 Å². The molecule has 0 fully saturated rings. The fourth-order valence-corrected chi connectivity index (χ4v) is 0.158. The molecule has 0 aromatic heterocycles. The van der Waals surface area contributed by atoms with E-state index in [-0.39, 0.29) is 39.3 Å². The molecule has 1 atom stereocenters. The van der Waals surface area contributed by atoms with Gasteiger partial charge in [-0.05, 0) is 0 Å². The second-order valence-corrected chi connectivity index (χ2v) is 0.928. The average molecular weight is 212 g/mol. The van der Waals surface area contributed by atoms with E-state index in [0.717, 1.165) is 0 Å². The molecule has 1 unspecified atom stereocenters.